The maximum atomic E-state index is 11.7. The van der Waals surface area contributed by atoms with Gasteiger partial charge >= 0.3 is 0 Å². The van der Waals surface area contributed by atoms with Crippen molar-refractivity contribution in [1.29, 1.82) is 0 Å². The molecule has 0 spiro atoms. The molecule has 0 bridgehead atoms. The van der Waals surface area contributed by atoms with Crippen LogP contribution in [-0.4, -0.2) is 40.0 Å². The highest BCUT2D eigenvalue weighted by molar-refractivity contribution is 5.93. The minimum absolute atomic E-state index is 0.321. The highest BCUT2D eigenvalue weighted by atomic mass is 16.3. The Balaban J connectivity index is 2.09. The summed E-state index contributed by atoms with van der Waals surface area (Å²) < 4.78 is 0. The molecular weight excluding hydrogens is 184 g/mol. The van der Waals surface area contributed by atoms with E-state index in [2.05, 4.69) is 0 Å². The largest absolute Gasteiger partial charge is 0.380 e. The number of nitrogens with zero attached hydrogens (tertiary/aromatic N) is 1. The number of carbonyl (C=O) groups excluding carboxylic acids is 2. The number of hydrogen-bond donors (Lipinski definition) is 2. The molecule has 3 N–H and O–H groups in total. The van der Waals surface area contributed by atoms with Gasteiger partial charge in [-0.2, -0.15) is 0 Å². The Morgan fingerprint density at radius 2 is 2.07 bits per heavy atom. The first kappa shape index (κ1) is 9.45. The predicted molar refractivity (Wildman–Crippen MR) is 48.1 cm³/mol. The maximum absolute atomic E-state index is 11.7. The molecule has 1 aliphatic heterocycles. The number of nitrogens with two attached hydrogens (primary N) is 1. The van der Waals surface area contributed by atoms with E-state index in [-0.39, 0.29) is 5.91 Å². The fraction of sp³-hybridized carbons (Fsp3) is 0.778. The van der Waals surface area contributed by atoms with Crippen LogP contribution < -0.4 is 5.73 Å². The molecule has 0 aromatic rings. The summed E-state index contributed by atoms with van der Waals surface area (Å²) >= 11 is 0. The third-order valence-electron chi connectivity index (χ3n) is 2.96. The number of rotatable bonds is 2. The van der Waals surface area contributed by atoms with Gasteiger partial charge < -0.3 is 15.7 Å². The van der Waals surface area contributed by atoms with Gasteiger partial charge in [0, 0.05) is 6.54 Å². The molecule has 2 fully saturated rings. The average Bonchev–Trinajstić information content (AvgIpc) is 2.69. The van der Waals surface area contributed by atoms with Crippen molar-refractivity contribution in [1.82, 2.24) is 4.90 Å². The van der Waals surface area contributed by atoms with Crippen LogP contribution >= 0.6 is 0 Å². The van der Waals surface area contributed by atoms with E-state index >= 15 is 0 Å². The van der Waals surface area contributed by atoms with Crippen molar-refractivity contribution in [3.63, 3.8) is 0 Å². The SMILES string of the molecule is NC(=O)[C@H]1CCCN1C(=O)C1(O)CC1. The van der Waals surface area contributed by atoms with Crippen molar-refractivity contribution >= 4 is 11.8 Å². The monoisotopic (exact) mass is 198 g/mol. The van der Waals surface area contributed by atoms with Crippen molar-refractivity contribution in [2.75, 3.05) is 6.54 Å². The van der Waals surface area contributed by atoms with Crippen LogP contribution in [0.15, 0.2) is 0 Å². The first-order valence-corrected chi connectivity index (χ1v) is 4.87. The Bertz CT molecular complexity index is 286. The van der Waals surface area contributed by atoms with E-state index < -0.39 is 17.6 Å². The van der Waals surface area contributed by atoms with Crippen molar-refractivity contribution in [3.8, 4) is 0 Å². The van der Waals surface area contributed by atoms with Gasteiger partial charge in [-0.3, -0.25) is 9.59 Å². The Labute approximate surface area is 81.9 Å². The topological polar surface area (TPSA) is 83.6 Å². The van der Waals surface area contributed by atoms with Gasteiger partial charge in [0.1, 0.15) is 11.6 Å². The minimum atomic E-state index is -1.18. The summed E-state index contributed by atoms with van der Waals surface area (Å²) in [5.41, 5.74) is 3.99. The fourth-order valence-electron chi connectivity index (χ4n) is 1.91. The number of amides is 2. The molecule has 5 nitrogen and oxygen atoms in total. The minimum Gasteiger partial charge on any atom is -0.380 e. The Morgan fingerprint density at radius 1 is 1.43 bits per heavy atom. The van der Waals surface area contributed by atoms with Crippen LogP contribution in [0.3, 0.4) is 0 Å². The van der Waals surface area contributed by atoms with Gasteiger partial charge in [-0.25, -0.2) is 0 Å². The number of hydrogen-bond acceptors (Lipinski definition) is 3. The zero-order valence-electron chi connectivity index (χ0n) is 7.90. The van der Waals surface area contributed by atoms with Gasteiger partial charge in [-0.05, 0) is 25.7 Å². The van der Waals surface area contributed by atoms with Crippen LogP contribution in [0.4, 0.5) is 0 Å². The van der Waals surface area contributed by atoms with Crippen LogP contribution in [0.25, 0.3) is 0 Å². The molecular formula is C9H14N2O3. The zero-order chi connectivity index (χ0) is 10.3. The second-order valence-electron chi connectivity index (χ2n) is 4.09. The van der Waals surface area contributed by atoms with E-state index in [0.717, 1.165) is 6.42 Å². The summed E-state index contributed by atoms with van der Waals surface area (Å²) in [6, 6.07) is -0.507. The molecule has 0 radical (unpaired) electrons. The summed E-state index contributed by atoms with van der Waals surface area (Å²) in [5, 5.41) is 9.61. The first-order chi connectivity index (χ1) is 6.54. The molecule has 2 aliphatic rings. The number of primary amides is 1. The zero-order valence-corrected chi connectivity index (χ0v) is 7.90. The molecule has 0 aromatic carbocycles. The van der Waals surface area contributed by atoms with Gasteiger partial charge in [0.15, 0.2) is 0 Å². The lowest BCUT2D eigenvalue weighted by Gasteiger charge is -2.24. The van der Waals surface area contributed by atoms with E-state index in [1.807, 2.05) is 0 Å². The van der Waals surface area contributed by atoms with E-state index in [1.165, 1.54) is 4.90 Å². The van der Waals surface area contributed by atoms with Crippen LogP contribution in [0.1, 0.15) is 25.7 Å². The van der Waals surface area contributed by atoms with Crippen LogP contribution in [-0.2, 0) is 9.59 Å². The molecule has 1 aliphatic carbocycles. The molecule has 1 atom stereocenters. The number of aliphatic hydroxyl groups is 1. The smallest absolute Gasteiger partial charge is 0.255 e. The fourth-order valence-corrected chi connectivity index (χ4v) is 1.91. The van der Waals surface area contributed by atoms with Crippen LogP contribution in [0, 0.1) is 0 Å². The molecule has 1 saturated heterocycles. The average molecular weight is 198 g/mol. The predicted octanol–water partition coefficient (Wildman–Crippen LogP) is -1.01. The highest BCUT2D eigenvalue weighted by Gasteiger charge is 2.52. The molecule has 0 unspecified atom stereocenters. The van der Waals surface area contributed by atoms with Crippen molar-refractivity contribution in [2.24, 2.45) is 5.73 Å². The molecule has 1 heterocycles. The standard InChI is InChI=1S/C9H14N2O3/c10-7(12)6-2-1-5-11(6)8(13)9(14)3-4-9/h6,14H,1-5H2,(H2,10,12)/t6-/m1/s1. The summed E-state index contributed by atoms with van der Waals surface area (Å²) in [6.45, 7) is 0.536. The molecule has 2 rings (SSSR count). The summed E-state index contributed by atoms with van der Waals surface area (Å²) in [6.07, 6.45) is 2.42. The quantitative estimate of drug-likeness (QED) is 0.596. The Hall–Kier alpha value is -1.10. The van der Waals surface area contributed by atoms with E-state index in [9.17, 15) is 14.7 Å². The summed E-state index contributed by atoms with van der Waals surface area (Å²) in [4.78, 5) is 24.1. The molecule has 2 amide bonds. The van der Waals surface area contributed by atoms with Crippen molar-refractivity contribution < 1.29 is 14.7 Å². The highest BCUT2D eigenvalue weighted by Crippen LogP contribution is 2.38. The lowest BCUT2D eigenvalue weighted by Crippen LogP contribution is -2.48. The summed E-state index contributed by atoms with van der Waals surface area (Å²) in [5.74, 6) is -0.793. The second kappa shape index (κ2) is 2.95. The van der Waals surface area contributed by atoms with Gasteiger partial charge in [0.2, 0.25) is 5.91 Å². The lowest BCUT2D eigenvalue weighted by molar-refractivity contribution is -0.146. The van der Waals surface area contributed by atoms with Crippen LogP contribution in [0.2, 0.25) is 0 Å². The molecule has 1 saturated carbocycles. The van der Waals surface area contributed by atoms with E-state index in [0.29, 0.717) is 25.8 Å². The number of carbonyl (C=O) groups is 2. The van der Waals surface area contributed by atoms with Gasteiger partial charge in [-0.1, -0.05) is 0 Å². The van der Waals surface area contributed by atoms with Gasteiger partial charge in [-0.15, -0.1) is 0 Å². The maximum Gasteiger partial charge on any atom is 0.255 e. The third kappa shape index (κ3) is 1.37. The third-order valence-corrected chi connectivity index (χ3v) is 2.96. The molecule has 5 heteroatoms. The van der Waals surface area contributed by atoms with Gasteiger partial charge in [0.05, 0.1) is 0 Å². The van der Waals surface area contributed by atoms with E-state index in [1.54, 1.807) is 0 Å². The van der Waals surface area contributed by atoms with Crippen molar-refractivity contribution in [3.05, 3.63) is 0 Å². The number of likely N-dealkylation sites (tertiary alicyclic amines) is 1. The first-order valence-electron chi connectivity index (χ1n) is 4.87. The molecule has 14 heavy (non-hydrogen) atoms. The molecule has 78 valence electrons. The van der Waals surface area contributed by atoms with E-state index in [4.69, 9.17) is 5.73 Å². The van der Waals surface area contributed by atoms with Crippen molar-refractivity contribution in [2.45, 2.75) is 37.3 Å². The second-order valence-corrected chi connectivity index (χ2v) is 4.09. The Kier molecular flexibility index (Phi) is 1.99. The molecule has 0 aromatic heterocycles. The Morgan fingerprint density at radius 3 is 2.57 bits per heavy atom. The lowest BCUT2D eigenvalue weighted by atomic mass is 10.2. The normalized spacial score (nSPS) is 28.9. The van der Waals surface area contributed by atoms with Gasteiger partial charge in [0.25, 0.3) is 5.91 Å². The summed E-state index contributed by atoms with van der Waals surface area (Å²) in [7, 11) is 0. The van der Waals surface area contributed by atoms with Crippen LogP contribution in [0.5, 0.6) is 0 Å².